The van der Waals surface area contributed by atoms with Gasteiger partial charge in [-0.25, -0.2) is 0 Å². The summed E-state index contributed by atoms with van der Waals surface area (Å²) in [5.74, 6) is 1.97. The molecule has 0 bridgehead atoms. The molecule has 0 spiro atoms. The van der Waals surface area contributed by atoms with Gasteiger partial charge in [0.25, 0.3) is 0 Å². The average Bonchev–Trinajstić information content (AvgIpc) is 2.40. The van der Waals surface area contributed by atoms with Gasteiger partial charge in [0, 0.05) is 12.5 Å². The molecule has 1 aliphatic heterocycles. The number of methoxy groups -OCH3 is 1. The summed E-state index contributed by atoms with van der Waals surface area (Å²) in [6.07, 6.45) is 2.18. The first-order valence-corrected chi connectivity index (χ1v) is 6.34. The molecule has 1 heterocycles. The second kappa shape index (κ2) is 6.12. The highest BCUT2D eigenvalue weighted by Crippen LogP contribution is 2.30. The number of hydrogen-bond donors (Lipinski definition) is 0. The Balaban J connectivity index is 2.11. The maximum Gasteiger partial charge on any atom is 0.162 e. The lowest BCUT2D eigenvalue weighted by Crippen LogP contribution is -2.28. The van der Waals surface area contributed by atoms with Gasteiger partial charge >= 0.3 is 0 Å². The third-order valence-electron chi connectivity index (χ3n) is 2.79. The first kappa shape index (κ1) is 12.5. The Bertz CT molecular complexity index is 362. The molecule has 1 saturated heterocycles. The number of rotatable bonds is 4. The Kier molecular flexibility index (Phi) is 4.51. The normalized spacial score (nSPS) is 20.0. The molecule has 0 amide bonds. The van der Waals surface area contributed by atoms with E-state index in [0.717, 1.165) is 36.5 Å². The summed E-state index contributed by atoms with van der Waals surface area (Å²) in [5, 5.41) is 0. The molecule has 2 rings (SSSR count). The van der Waals surface area contributed by atoms with Gasteiger partial charge in [0.2, 0.25) is 0 Å². The van der Waals surface area contributed by atoms with Crippen LogP contribution < -0.4 is 9.47 Å². The Labute approximate surface area is 107 Å². The first-order valence-electron chi connectivity index (χ1n) is 5.80. The fraction of sp³-hybridized carbons (Fsp3) is 0.538. The molecule has 17 heavy (non-hydrogen) atoms. The van der Waals surface area contributed by atoms with E-state index in [2.05, 4.69) is 0 Å². The zero-order chi connectivity index (χ0) is 12.1. The largest absolute Gasteiger partial charge is 0.493 e. The van der Waals surface area contributed by atoms with E-state index >= 15 is 0 Å². The van der Waals surface area contributed by atoms with Crippen molar-refractivity contribution in [3.8, 4) is 11.5 Å². The predicted molar refractivity (Wildman–Crippen MR) is 67.0 cm³/mol. The van der Waals surface area contributed by atoms with Gasteiger partial charge in [-0.05, 0) is 30.5 Å². The fourth-order valence-corrected chi connectivity index (χ4v) is 2.05. The van der Waals surface area contributed by atoms with Gasteiger partial charge in [0.1, 0.15) is 6.10 Å². The van der Waals surface area contributed by atoms with Crippen molar-refractivity contribution >= 4 is 11.6 Å². The van der Waals surface area contributed by atoms with E-state index in [-0.39, 0.29) is 6.10 Å². The van der Waals surface area contributed by atoms with E-state index < -0.39 is 0 Å². The van der Waals surface area contributed by atoms with E-state index in [9.17, 15) is 0 Å². The predicted octanol–water partition coefficient (Wildman–Crippen LogP) is 2.99. The molecule has 0 aromatic heterocycles. The summed E-state index contributed by atoms with van der Waals surface area (Å²) >= 11 is 5.82. The van der Waals surface area contributed by atoms with Gasteiger partial charge in [-0.3, -0.25) is 0 Å². The summed E-state index contributed by atoms with van der Waals surface area (Å²) in [6, 6.07) is 5.76. The van der Waals surface area contributed by atoms with Crippen molar-refractivity contribution < 1.29 is 14.2 Å². The Morgan fingerprint density at radius 2 is 2.29 bits per heavy atom. The van der Waals surface area contributed by atoms with Crippen molar-refractivity contribution in [3.05, 3.63) is 23.8 Å². The topological polar surface area (TPSA) is 27.7 Å². The van der Waals surface area contributed by atoms with Crippen LogP contribution in [0.25, 0.3) is 0 Å². The summed E-state index contributed by atoms with van der Waals surface area (Å²) in [4.78, 5) is 0. The first-order chi connectivity index (χ1) is 8.33. The van der Waals surface area contributed by atoms with E-state index in [1.165, 1.54) is 0 Å². The van der Waals surface area contributed by atoms with Crippen LogP contribution in [0.4, 0.5) is 0 Å². The SMILES string of the molecule is COc1ccc(CCl)cc1OC1CCCOC1. The number of hydrogen-bond acceptors (Lipinski definition) is 3. The smallest absolute Gasteiger partial charge is 0.162 e. The second-order valence-electron chi connectivity index (χ2n) is 4.08. The van der Waals surface area contributed by atoms with E-state index in [0.29, 0.717) is 12.5 Å². The fourth-order valence-electron chi connectivity index (χ4n) is 1.88. The van der Waals surface area contributed by atoms with Gasteiger partial charge in [-0.15, -0.1) is 11.6 Å². The lowest BCUT2D eigenvalue weighted by molar-refractivity contribution is 0.00642. The van der Waals surface area contributed by atoms with Crippen molar-refractivity contribution in [3.63, 3.8) is 0 Å². The minimum Gasteiger partial charge on any atom is -0.493 e. The van der Waals surface area contributed by atoms with Crippen molar-refractivity contribution in [1.29, 1.82) is 0 Å². The highest BCUT2D eigenvalue weighted by atomic mass is 35.5. The number of alkyl halides is 1. The maximum atomic E-state index is 5.91. The molecule has 1 aromatic carbocycles. The minimum atomic E-state index is 0.114. The van der Waals surface area contributed by atoms with Crippen LogP contribution in [0.1, 0.15) is 18.4 Å². The highest BCUT2D eigenvalue weighted by Gasteiger charge is 2.17. The molecule has 0 saturated carbocycles. The summed E-state index contributed by atoms with van der Waals surface area (Å²) in [5.41, 5.74) is 1.03. The number of ether oxygens (including phenoxy) is 3. The molecule has 1 aliphatic rings. The van der Waals surface area contributed by atoms with E-state index in [1.54, 1.807) is 7.11 Å². The summed E-state index contributed by atoms with van der Waals surface area (Å²) in [7, 11) is 1.64. The average molecular weight is 257 g/mol. The van der Waals surface area contributed by atoms with Crippen LogP contribution in [0.15, 0.2) is 18.2 Å². The molecule has 94 valence electrons. The molecule has 3 nitrogen and oxygen atoms in total. The van der Waals surface area contributed by atoms with Gasteiger partial charge in [-0.2, -0.15) is 0 Å². The molecule has 0 aliphatic carbocycles. The van der Waals surface area contributed by atoms with E-state index in [4.69, 9.17) is 25.8 Å². The van der Waals surface area contributed by atoms with Crippen LogP contribution in [0.2, 0.25) is 0 Å². The maximum absolute atomic E-state index is 5.91. The molecule has 1 aromatic rings. The Morgan fingerprint density at radius 1 is 1.41 bits per heavy atom. The van der Waals surface area contributed by atoms with Crippen molar-refractivity contribution in [2.75, 3.05) is 20.3 Å². The lowest BCUT2D eigenvalue weighted by atomic mass is 10.1. The zero-order valence-electron chi connectivity index (χ0n) is 9.95. The van der Waals surface area contributed by atoms with Crippen LogP contribution in [-0.4, -0.2) is 26.4 Å². The van der Waals surface area contributed by atoms with Gasteiger partial charge < -0.3 is 14.2 Å². The third-order valence-corrected chi connectivity index (χ3v) is 3.10. The molecule has 0 radical (unpaired) electrons. The van der Waals surface area contributed by atoms with Crippen molar-refractivity contribution in [2.45, 2.75) is 24.8 Å². The quantitative estimate of drug-likeness (QED) is 0.775. The van der Waals surface area contributed by atoms with Crippen LogP contribution in [0.5, 0.6) is 11.5 Å². The molecule has 1 atom stereocenters. The van der Waals surface area contributed by atoms with Crippen LogP contribution in [-0.2, 0) is 10.6 Å². The van der Waals surface area contributed by atoms with Crippen molar-refractivity contribution in [1.82, 2.24) is 0 Å². The Morgan fingerprint density at radius 3 is 2.94 bits per heavy atom. The number of halogens is 1. The Hall–Kier alpha value is -0.930. The van der Waals surface area contributed by atoms with Crippen LogP contribution >= 0.6 is 11.6 Å². The monoisotopic (exact) mass is 256 g/mol. The summed E-state index contributed by atoms with van der Waals surface area (Å²) < 4.78 is 16.6. The summed E-state index contributed by atoms with van der Waals surface area (Å²) in [6.45, 7) is 1.48. The standard InChI is InChI=1S/C13H17ClO3/c1-15-12-5-4-10(8-14)7-13(12)17-11-3-2-6-16-9-11/h4-5,7,11H,2-3,6,8-9H2,1H3. The van der Waals surface area contributed by atoms with Crippen LogP contribution in [0.3, 0.4) is 0 Å². The number of benzene rings is 1. The molecule has 1 fully saturated rings. The van der Waals surface area contributed by atoms with Gasteiger partial charge in [0.05, 0.1) is 13.7 Å². The van der Waals surface area contributed by atoms with E-state index in [1.807, 2.05) is 18.2 Å². The minimum absolute atomic E-state index is 0.114. The zero-order valence-corrected chi connectivity index (χ0v) is 10.7. The second-order valence-corrected chi connectivity index (χ2v) is 4.34. The van der Waals surface area contributed by atoms with Crippen molar-refractivity contribution in [2.24, 2.45) is 0 Å². The van der Waals surface area contributed by atoms with Gasteiger partial charge in [0.15, 0.2) is 11.5 Å². The molecular formula is C13H17ClO3. The van der Waals surface area contributed by atoms with Gasteiger partial charge in [-0.1, -0.05) is 6.07 Å². The lowest BCUT2D eigenvalue weighted by Gasteiger charge is -2.24. The molecular weight excluding hydrogens is 240 g/mol. The molecule has 0 N–H and O–H groups in total. The molecule has 1 unspecified atom stereocenters. The highest BCUT2D eigenvalue weighted by molar-refractivity contribution is 6.17. The van der Waals surface area contributed by atoms with Crippen LogP contribution in [0, 0.1) is 0 Å². The third kappa shape index (κ3) is 3.27. The molecule has 4 heteroatoms.